The van der Waals surface area contributed by atoms with Gasteiger partial charge in [-0.3, -0.25) is 0 Å². The van der Waals surface area contributed by atoms with Gasteiger partial charge in [-0.05, 0) is 71.5 Å². The molecule has 0 aromatic heterocycles. The molecule has 0 bridgehead atoms. The van der Waals surface area contributed by atoms with Crippen LogP contribution in [-0.4, -0.2) is 25.5 Å². The van der Waals surface area contributed by atoms with Gasteiger partial charge in [0, 0.05) is 24.5 Å². The number of hydrogen-bond acceptors (Lipinski definition) is 3. The average molecular weight is 392 g/mol. The standard InChI is InChI=1S/C23H23N2O2S/c1-17-11-12-20(15-22(17)18-7-4-3-5-8-18)24-23-10-6-9-19-16-25(28(2,26)27)14-13-21(19)23/h3-4,6-12,15,24H,13-14,16H2,1-2H3. The van der Waals surface area contributed by atoms with Crippen LogP contribution in [0.3, 0.4) is 0 Å². The van der Waals surface area contributed by atoms with Gasteiger partial charge in [-0.15, -0.1) is 0 Å². The minimum absolute atomic E-state index is 0.433. The average Bonchev–Trinajstić information content (AvgIpc) is 2.69. The van der Waals surface area contributed by atoms with Crippen LogP contribution in [0.4, 0.5) is 11.4 Å². The molecule has 1 aliphatic rings. The molecule has 4 nitrogen and oxygen atoms in total. The molecular weight excluding hydrogens is 368 g/mol. The molecule has 1 N–H and O–H groups in total. The van der Waals surface area contributed by atoms with Crippen molar-refractivity contribution in [2.45, 2.75) is 19.9 Å². The molecule has 0 unspecified atom stereocenters. The molecule has 0 saturated heterocycles. The molecular formula is C23H23N2O2S. The molecule has 3 aromatic carbocycles. The van der Waals surface area contributed by atoms with E-state index in [0.717, 1.165) is 22.5 Å². The maximum Gasteiger partial charge on any atom is 0.211 e. The number of fused-ring (bicyclic) bond motifs is 1. The van der Waals surface area contributed by atoms with Crippen molar-refractivity contribution < 1.29 is 8.42 Å². The van der Waals surface area contributed by atoms with Crippen molar-refractivity contribution in [2.75, 3.05) is 18.1 Å². The molecule has 0 atom stereocenters. The van der Waals surface area contributed by atoms with Gasteiger partial charge in [-0.2, -0.15) is 4.31 Å². The van der Waals surface area contributed by atoms with Crippen molar-refractivity contribution in [3.63, 3.8) is 0 Å². The third-order valence-electron chi connectivity index (χ3n) is 5.23. The van der Waals surface area contributed by atoms with E-state index in [9.17, 15) is 8.42 Å². The molecule has 1 heterocycles. The van der Waals surface area contributed by atoms with Crippen LogP contribution < -0.4 is 5.32 Å². The highest BCUT2D eigenvalue weighted by atomic mass is 32.2. The summed E-state index contributed by atoms with van der Waals surface area (Å²) < 4.78 is 25.3. The lowest BCUT2D eigenvalue weighted by atomic mass is 9.98. The summed E-state index contributed by atoms with van der Waals surface area (Å²) in [5.74, 6) is 0. The Morgan fingerprint density at radius 3 is 2.71 bits per heavy atom. The second-order valence-electron chi connectivity index (χ2n) is 7.24. The molecule has 0 fully saturated rings. The van der Waals surface area contributed by atoms with Crippen LogP contribution in [-0.2, 0) is 23.0 Å². The number of benzene rings is 3. The summed E-state index contributed by atoms with van der Waals surface area (Å²) in [6, 6.07) is 23.5. The van der Waals surface area contributed by atoms with Crippen LogP contribution in [0.15, 0.2) is 60.7 Å². The summed E-state index contributed by atoms with van der Waals surface area (Å²) >= 11 is 0. The maximum atomic E-state index is 11.9. The number of rotatable bonds is 4. The third-order valence-corrected chi connectivity index (χ3v) is 6.48. The van der Waals surface area contributed by atoms with Gasteiger partial charge in [0.05, 0.1) is 6.26 Å². The lowest BCUT2D eigenvalue weighted by molar-refractivity contribution is 0.395. The van der Waals surface area contributed by atoms with E-state index in [1.807, 2.05) is 30.3 Å². The Labute approximate surface area is 166 Å². The van der Waals surface area contributed by atoms with Crippen LogP contribution in [0.2, 0.25) is 0 Å². The van der Waals surface area contributed by atoms with Crippen molar-refractivity contribution in [1.82, 2.24) is 4.31 Å². The first-order chi connectivity index (χ1) is 13.4. The Bertz CT molecular complexity index is 1110. The molecule has 1 radical (unpaired) electrons. The number of aryl methyl sites for hydroxylation is 1. The first-order valence-electron chi connectivity index (χ1n) is 9.32. The Balaban J connectivity index is 1.65. The molecule has 143 valence electrons. The molecule has 28 heavy (non-hydrogen) atoms. The van der Waals surface area contributed by atoms with Crippen LogP contribution in [0.25, 0.3) is 11.1 Å². The number of nitrogens with zero attached hydrogens (tertiary/aromatic N) is 1. The molecule has 0 amide bonds. The Kier molecular flexibility index (Phi) is 4.96. The number of nitrogens with one attached hydrogen (secondary N) is 1. The van der Waals surface area contributed by atoms with E-state index in [2.05, 4.69) is 48.6 Å². The fourth-order valence-corrected chi connectivity index (χ4v) is 4.51. The zero-order chi connectivity index (χ0) is 19.7. The molecule has 0 saturated carbocycles. The minimum Gasteiger partial charge on any atom is -0.355 e. The molecule has 0 aliphatic carbocycles. The second kappa shape index (κ2) is 7.41. The summed E-state index contributed by atoms with van der Waals surface area (Å²) in [6.07, 6.45) is 1.98. The van der Waals surface area contributed by atoms with Crippen molar-refractivity contribution >= 4 is 21.4 Å². The second-order valence-corrected chi connectivity index (χ2v) is 9.22. The summed E-state index contributed by atoms with van der Waals surface area (Å²) in [7, 11) is -3.17. The molecule has 3 aromatic rings. The Hall–Kier alpha value is -2.63. The quantitative estimate of drug-likeness (QED) is 0.711. The van der Waals surface area contributed by atoms with Crippen LogP contribution in [0.1, 0.15) is 16.7 Å². The molecule has 1 aliphatic heterocycles. The Morgan fingerprint density at radius 2 is 1.96 bits per heavy atom. The highest BCUT2D eigenvalue weighted by Crippen LogP contribution is 2.32. The predicted octanol–water partition coefficient (Wildman–Crippen LogP) is 4.52. The summed E-state index contributed by atoms with van der Waals surface area (Å²) in [5.41, 5.74) is 7.84. The van der Waals surface area contributed by atoms with E-state index < -0.39 is 10.0 Å². The van der Waals surface area contributed by atoms with Crippen LogP contribution in [0, 0.1) is 13.0 Å². The van der Waals surface area contributed by atoms with Crippen LogP contribution >= 0.6 is 0 Å². The first kappa shape index (κ1) is 18.7. The van der Waals surface area contributed by atoms with E-state index in [1.54, 1.807) is 0 Å². The molecule has 4 rings (SSSR count). The Morgan fingerprint density at radius 1 is 1.11 bits per heavy atom. The van der Waals surface area contributed by atoms with Gasteiger partial charge in [0.25, 0.3) is 0 Å². The zero-order valence-corrected chi connectivity index (χ0v) is 16.9. The number of anilines is 2. The number of sulfonamides is 1. The number of hydrogen-bond donors (Lipinski definition) is 1. The maximum absolute atomic E-state index is 11.9. The fraction of sp³-hybridized carbons (Fsp3) is 0.217. The summed E-state index contributed by atoms with van der Waals surface area (Å²) in [5, 5.41) is 3.54. The largest absolute Gasteiger partial charge is 0.355 e. The van der Waals surface area contributed by atoms with E-state index in [4.69, 9.17) is 0 Å². The van der Waals surface area contributed by atoms with Gasteiger partial charge in [-0.1, -0.05) is 36.4 Å². The van der Waals surface area contributed by atoms with Crippen molar-refractivity contribution in [3.8, 4) is 11.1 Å². The van der Waals surface area contributed by atoms with Gasteiger partial charge in [0.2, 0.25) is 10.0 Å². The lowest BCUT2D eigenvalue weighted by Gasteiger charge is -2.28. The van der Waals surface area contributed by atoms with E-state index >= 15 is 0 Å². The molecule has 0 spiro atoms. The fourth-order valence-electron chi connectivity index (χ4n) is 3.71. The normalized spacial score (nSPS) is 14.5. The monoisotopic (exact) mass is 391 g/mol. The third kappa shape index (κ3) is 3.81. The van der Waals surface area contributed by atoms with Gasteiger partial charge in [-0.25, -0.2) is 8.42 Å². The molecule has 5 heteroatoms. The van der Waals surface area contributed by atoms with Gasteiger partial charge in [0.1, 0.15) is 0 Å². The smallest absolute Gasteiger partial charge is 0.211 e. The topological polar surface area (TPSA) is 49.4 Å². The highest BCUT2D eigenvalue weighted by Gasteiger charge is 2.24. The van der Waals surface area contributed by atoms with E-state index in [1.165, 1.54) is 27.3 Å². The predicted molar refractivity (Wildman–Crippen MR) is 114 cm³/mol. The van der Waals surface area contributed by atoms with Crippen LogP contribution in [0.5, 0.6) is 0 Å². The minimum atomic E-state index is -3.17. The van der Waals surface area contributed by atoms with E-state index in [0.29, 0.717) is 19.5 Å². The van der Waals surface area contributed by atoms with Gasteiger partial charge in [0.15, 0.2) is 0 Å². The van der Waals surface area contributed by atoms with E-state index in [-0.39, 0.29) is 0 Å². The van der Waals surface area contributed by atoms with Gasteiger partial charge < -0.3 is 5.32 Å². The van der Waals surface area contributed by atoms with Crippen molar-refractivity contribution in [2.24, 2.45) is 0 Å². The SMILES string of the molecule is Cc1ccc(Nc2cccc3c2CCN(S(C)(=O)=O)C3)cc1-c1c[c]ccc1. The lowest BCUT2D eigenvalue weighted by Crippen LogP contribution is -2.35. The van der Waals surface area contributed by atoms with Crippen molar-refractivity contribution in [1.29, 1.82) is 0 Å². The summed E-state index contributed by atoms with van der Waals surface area (Å²) in [6.45, 7) is 3.06. The van der Waals surface area contributed by atoms with Gasteiger partial charge >= 0.3 is 0 Å². The van der Waals surface area contributed by atoms with Crippen molar-refractivity contribution in [3.05, 3.63) is 83.4 Å². The zero-order valence-electron chi connectivity index (χ0n) is 16.1. The first-order valence-corrected chi connectivity index (χ1v) is 11.2. The highest BCUT2D eigenvalue weighted by molar-refractivity contribution is 7.88. The summed E-state index contributed by atoms with van der Waals surface area (Å²) in [4.78, 5) is 0.